The minimum absolute atomic E-state index is 0.0161. The lowest BCUT2D eigenvalue weighted by Gasteiger charge is -2.22. The maximum Gasteiger partial charge on any atom is 0.226 e. The van der Waals surface area contributed by atoms with E-state index in [-0.39, 0.29) is 18.1 Å². The number of benzene rings is 1. The number of fused-ring (bicyclic) bond motifs is 1. The van der Waals surface area contributed by atoms with Crippen LogP contribution in [0.3, 0.4) is 0 Å². The smallest absolute Gasteiger partial charge is 0.226 e. The molecule has 0 saturated heterocycles. The quantitative estimate of drug-likeness (QED) is 0.617. The average molecular weight is 430 g/mol. The van der Waals surface area contributed by atoms with E-state index >= 15 is 0 Å². The molecule has 5 nitrogen and oxygen atoms in total. The number of hydrogen-bond acceptors (Lipinski definition) is 4. The molecule has 0 radical (unpaired) electrons. The molecule has 7 heteroatoms. The Hall–Kier alpha value is -2.25. The van der Waals surface area contributed by atoms with Crippen molar-refractivity contribution in [3.05, 3.63) is 61.9 Å². The molecule has 2 aromatic heterocycles. The van der Waals surface area contributed by atoms with Crippen LogP contribution >= 0.6 is 27.3 Å². The molecule has 132 valence electrons. The first-order chi connectivity index (χ1) is 12.4. The fourth-order valence-electron chi connectivity index (χ4n) is 3.28. The Balaban J connectivity index is 1.82. The van der Waals surface area contributed by atoms with Gasteiger partial charge in [-0.05, 0) is 50.2 Å². The van der Waals surface area contributed by atoms with Crippen LogP contribution in [0.1, 0.15) is 38.1 Å². The second-order valence-corrected chi connectivity index (χ2v) is 8.52. The summed E-state index contributed by atoms with van der Waals surface area (Å²) >= 11 is 4.88. The predicted octanol–water partition coefficient (Wildman–Crippen LogP) is 4.62. The van der Waals surface area contributed by atoms with Crippen LogP contribution in [-0.2, 0) is 4.79 Å². The van der Waals surface area contributed by atoms with E-state index in [1.807, 2.05) is 50.2 Å². The van der Waals surface area contributed by atoms with E-state index in [2.05, 4.69) is 26.3 Å². The van der Waals surface area contributed by atoms with E-state index in [4.69, 9.17) is 0 Å². The minimum atomic E-state index is -0.499. The summed E-state index contributed by atoms with van der Waals surface area (Å²) in [6.07, 6.45) is 0.148. The molecule has 0 fully saturated rings. The van der Waals surface area contributed by atoms with Gasteiger partial charge in [0.25, 0.3) is 0 Å². The fourth-order valence-corrected chi connectivity index (χ4v) is 4.41. The third-order valence-electron chi connectivity index (χ3n) is 4.47. The highest BCUT2D eigenvalue weighted by Gasteiger charge is 2.36. The van der Waals surface area contributed by atoms with Gasteiger partial charge in [0, 0.05) is 21.3 Å². The van der Waals surface area contributed by atoms with Crippen LogP contribution in [0.25, 0.3) is 5.69 Å². The second kappa shape index (κ2) is 6.48. The number of nitrogens with one attached hydrogen (secondary N) is 1. The third kappa shape index (κ3) is 2.91. The van der Waals surface area contributed by atoms with Crippen LogP contribution < -0.4 is 5.32 Å². The number of rotatable bonds is 3. The molecule has 1 amide bonds. The van der Waals surface area contributed by atoms with E-state index in [9.17, 15) is 9.59 Å². The van der Waals surface area contributed by atoms with E-state index < -0.39 is 5.92 Å². The lowest BCUT2D eigenvalue weighted by atomic mass is 9.87. The molecule has 1 unspecified atom stereocenters. The lowest BCUT2D eigenvalue weighted by molar-refractivity contribution is -0.116. The Labute approximate surface area is 163 Å². The van der Waals surface area contributed by atoms with Gasteiger partial charge < -0.3 is 5.32 Å². The Morgan fingerprint density at radius 2 is 1.96 bits per heavy atom. The average Bonchev–Trinajstić information content (AvgIpc) is 3.18. The Morgan fingerprint density at radius 1 is 1.23 bits per heavy atom. The number of nitrogens with zero attached hydrogens (tertiary/aromatic N) is 2. The van der Waals surface area contributed by atoms with Crippen LogP contribution in [-0.4, -0.2) is 21.5 Å². The van der Waals surface area contributed by atoms with Crippen LogP contribution in [0.15, 0.2) is 40.9 Å². The number of carbonyl (C=O) groups is 2. The number of amides is 1. The summed E-state index contributed by atoms with van der Waals surface area (Å²) < 4.78 is 2.66. The van der Waals surface area contributed by atoms with Crippen molar-refractivity contribution in [3.8, 4) is 5.69 Å². The van der Waals surface area contributed by atoms with Gasteiger partial charge in [-0.15, -0.1) is 11.3 Å². The fraction of sp³-hybridized carbons (Fsp3) is 0.211. The topological polar surface area (TPSA) is 64.0 Å². The van der Waals surface area contributed by atoms with E-state index in [0.717, 1.165) is 26.3 Å². The number of carbonyl (C=O) groups excluding carboxylic acids is 2. The molecule has 1 atom stereocenters. The summed E-state index contributed by atoms with van der Waals surface area (Å²) in [7, 11) is 0. The summed E-state index contributed by atoms with van der Waals surface area (Å²) in [5, 5.41) is 7.50. The molecule has 1 aliphatic rings. The van der Waals surface area contributed by atoms with Gasteiger partial charge in [-0.25, -0.2) is 4.68 Å². The molecule has 0 saturated carbocycles. The SMILES string of the molecule is Cc1ccc(C(=O)C2CC(=O)Nc3c2c(C)nn3-c2ccc(Br)cc2)s1. The molecule has 4 rings (SSSR count). The number of Topliss-reactive ketones (excluding diaryl/α,β-unsaturated/α-hetero) is 1. The first kappa shape index (κ1) is 17.2. The maximum atomic E-state index is 13.1. The predicted molar refractivity (Wildman–Crippen MR) is 105 cm³/mol. The highest BCUT2D eigenvalue weighted by atomic mass is 79.9. The maximum absolute atomic E-state index is 13.1. The number of hydrogen-bond donors (Lipinski definition) is 1. The van der Waals surface area contributed by atoms with Crippen molar-refractivity contribution >= 4 is 44.8 Å². The van der Waals surface area contributed by atoms with Crippen molar-refractivity contribution in [1.29, 1.82) is 0 Å². The van der Waals surface area contributed by atoms with E-state index in [1.54, 1.807) is 4.68 Å². The number of anilines is 1. The molecule has 0 bridgehead atoms. The van der Waals surface area contributed by atoms with Gasteiger partial charge in [-0.3, -0.25) is 9.59 Å². The van der Waals surface area contributed by atoms with E-state index in [0.29, 0.717) is 10.7 Å². The van der Waals surface area contributed by atoms with Crippen molar-refractivity contribution < 1.29 is 9.59 Å². The molecule has 26 heavy (non-hydrogen) atoms. The summed E-state index contributed by atoms with van der Waals surface area (Å²) in [5.41, 5.74) is 2.40. The van der Waals surface area contributed by atoms with Crippen molar-refractivity contribution in [1.82, 2.24) is 9.78 Å². The van der Waals surface area contributed by atoms with Crippen LogP contribution in [0.5, 0.6) is 0 Å². The number of halogens is 1. The number of aryl methyl sites for hydroxylation is 2. The van der Waals surface area contributed by atoms with Gasteiger partial charge in [0.1, 0.15) is 5.82 Å². The van der Waals surface area contributed by atoms with Crippen LogP contribution in [0.4, 0.5) is 5.82 Å². The van der Waals surface area contributed by atoms with Gasteiger partial charge in [0.05, 0.1) is 22.2 Å². The van der Waals surface area contributed by atoms with Crippen LogP contribution in [0.2, 0.25) is 0 Å². The highest BCUT2D eigenvalue weighted by Crippen LogP contribution is 2.39. The Kier molecular flexibility index (Phi) is 4.28. The lowest BCUT2D eigenvalue weighted by Crippen LogP contribution is -2.28. The highest BCUT2D eigenvalue weighted by molar-refractivity contribution is 9.10. The first-order valence-electron chi connectivity index (χ1n) is 8.20. The van der Waals surface area contributed by atoms with Crippen LogP contribution in [0, 0.1) is 13.8 Å². The largest absolute Gasteiger partial charge is 0.310 e. The molecular formula is C19H16BrN3O2S. The normalized spacial score (nSPS) is 16.3. The Bertz CT molecular complexity index is 1020. The molecule has 1 aromatic carbocycles. The zero-order chi connectivity index (χ0) is 18.4. The summed E-state index contributed by atoms with van der Waals surface area (Å²) in [5.74, 6) is -0.0891. The summed E-state index contributed by atoms with van der Waals surface area (Å²) in [6.45, 7) is 3.85. The molecule has 3 aromatic rings. The van der Waals surface area contributed by atoms with Gasteiger partial charge in [-0.2, -0.15) is 5.10 Å². The number of aromatic nitrogens is 2. The molecule has 1 aliphatic heterocycles. The van der Waals surface area contributed by atoms with Crippen molar-refractivity contribution in [3.63, 3.8) is 0 Å². The van der Waals surface area contributed by atoms with E-state index in [1.165, 1.54) is 11.3 Å². The first-order valence-corrected chi connectivity index (χ1v) is 9.81. The van der Waals surface area contributed by atoms with Gasteiger partial charge in [-0.1, -0.05) is 15.9 Å². The molecule has 1 N–H and O–H groups in total. The number of thiophene rings is 1. The third-order valence-corrected chi connectivity index (χ3v) is 6.02. The Morgan fingerprint density at radius 3 is 2.62 bits per heavy atom. The van der Waals surface area contributed by atoms with Crippen molar-refractivity contribution in [2.75, 3.05) is 5.32 Å². The zero-order valence-corrected chi connectivity index (χ0v) is 16.6. The minimum Gasteiger partial charge on any atom is -0.310 e. The monoisotopic (exact) mass is 429 g/mol. The van der Waals surface area contributed by atoms with Crippen molar-refractivity contribution in [2.24, 2.45) is 0 Å². The summed E-state index contributed by atoms with van der Waals surface area (Å²) in [6, 6.07) is 11.4. The van der Waals surface area contributed by atoms with Gasteiger partial charge in [0.2, 0.25) is 5.91 Å². The zero-order valence-electron chi connectivity index (χ0n) is 14.2. The summed E-state index contributed by atoms with van der Waals surface area (Å²) in [4.78, 5) is 27.1. The van der Waals surface area contributed by atoms with Gasteiger partial charge in [0.15, 0.2) is 5.78 Å². The van der Waals surface area contributed by atoms with Crippen molar-refractivity contribution in [2.45, 2.75) is 26.2 Å². The second-order valence-electron chi connectivity index (χ2n) is 6.32. The standard InChI is InChI=1S/C19H16BrN3O2S/c1-10-3-8-15(26-10)18(25)14-9-16(24)21-19-17(14)11(2)22-23(19)13-6-4-12(20)5-7-13/h3-8,14H,9H2,1-2H3,(H,21,24). The van der Waals surface area contributed by atoms with Gasteiger partial charge >= 0.3 is 0 Å². The molecule has 3 heterocycles. The molecule has 0 aliphatic carbocycles. The molecular weight excluding hydrogens is 414 g/mol. The number of ketones is 1. The molecule has 0 spiro atoms.